The number of carbonyl (C=O) groups is 1. The van der Waals surface area contributed by atoms with Crippen LogP contribution >= 0.6 is 35.0 Å². The van der Waals surface area contributed by atoms with Crippen LogP contribution < -0.4 is 5.32 Å². The van der Waals surface area contributed by atoms with Crippen molar-refractivity contribution in [2.24, 2.45) is 0 Å². The van der Waals surface area contributed by atoms with E-state index in [1.807, 2.05) is 12.1 Å². The molecule has 2 rings (SSSR count). The average Bonchev–Trinajstić information content (AvgIpc) is 2.56. The Labute approximate surface area is 164 Å². The highest BCUT2D eigenvalue weighted by Gasteiger charge is 2.14. The lowest BCUT2D eigenvalue weighted by Gasteiger charge is -2.20. The van der Waals surface area contributed by atoms with Gasteiger partial charge in [-0.05, 0) is 49.1 Å². The molecular formula is C20H23Cl2NOS. The molecular weight excluding hydrogens is 373 g/mol. The Bertz CT molecular complexity index is 748. The number of amides is 1. The number of halogens is 2. The summed E-state index contributed by atoms with van der Waals surface area (Å²) < 4.78 is 0. The van der Waals surface area contributed by atoms with Gasteiger partial charge in [-0.3, -0.25) is 4.79 Å². The van der Waals surface area contributed by atoms with E-state index in [0.717, 1.165) is 17.7 Å². The molecule has 2 nitrogen and oxygen atoms in total. The lowest BCUT2D eigenvalue weighted by atomic mass is 9.97. The Balaban J connectivity index is 1.88. The molecule has 0 aliphatic rings. The van der Waals surface area contributed by atoms with Gasteiger partial charge in [0.1, 0.15) is 0 Å². The van der Waals surface area contributed by atoms with Gasteiger partial charge in [0.2, 0.25) is 5.91 Å². The van der Waals surface area contributed by atoms with Crippen molar-refractivity contribution < 1.29 is 4.79 Å². The number of carbonyl (C=O) groups excluding carboxylic acids is 1. The van der Waals surface area contributed by atoms with Gasteiger partial charge in [-0.1, -0.05) is 60.0 Å². The topological polar surface area (TPSA) is 29.1 Å². The fourth-order valence-electron chi connectivity index (χ4n) is 2.74. The van der Waals surface area contributed by atoms with Crippen molar-refractivity contribution in [2.45, 2.75) is 39.0 Å². The van der Waals surface area contributed by atoms with Gasteiger partial charge < -0.3 is 5.32 Å². The van der Waals surface area contributed by atoms with Crippen LogP contribution in [0.3, 0.4) is 0 Å². The molecule has 0 bridgehead atoms. The summed E-state index contributed by atoms with van der Waals surface area (Å²) in [6.45, 7) is 6.26. The maximum absolute atomic E-state index is 12.3. The van der Waals surface area contributed by atoms with Crippen LogP contribution in [0.25, 0.3) is 0 Å². The summed E-state index contributed by atoms with van der Waals surface area (Å²) in [5, 5.41) is 4.24. The van der Waals surface area contributed by atoms with Crippen LogP contribution in [0, 0.1) is 13.8 Å². The second kappa shape index (κ2) is 9.51. The monoisotopic (exact) mass is 395 g/mol. The Kier molecular flexibility index (Phi) is 7.67. The molecule has 0 radical (unpaired) electrons. The maximum Gasteiger partial charge on any atom is 0.230 e. The summed E-state index contributed by atoms with van der Waals surface area (Å²) in [5.41, 5.74) is 4.71. The van der Waals surface area contributed by atoms with Crippen molar-refractivity contribution in [3.8, 4) is 0 Å². The fraction of sp³-hybridized carbons (Fsp3) is 0.350. The summed E-state index contributed by atoms with van der Waals surface area (Å²) in [7, 11) is 0. The number of nitrogens with one attached hydrogen (secondary N) is 1. The third-order valence-corrected chi connectivity index (χ3v) is 5.77. The van der Waals surface area contributed by atoms with E-state index in [4.69, 9.17) is 23.2 Å². The predicted octanol–water partition coefficient (Wildman–Crippen LogP) is 6.11. The van der Waals surface area contributed by atoms with Gasteiger partial charge in [0.05, 0.1) is 21.8 Å². The zero-order valence-electron chi connectivity index (χ0n) is 14.7. The smallest absolute Gasteiger partial charge is 0.230 e. The maximum atomic E-state index is 12.3. The molecule has 0 aromatic heterocycles. The Morgan fingerprint density at radius 3 is 2.52 bits per heavy atom. The van der Waals surface area contributed by atoms with E-state index in [9.17, 15) is 4.79 Å². The zero-order valence-corrected chi connectivity index (χ0v) is 17.1. The van der Waals surface area contributed by atoms with Gasteiger partial charge in [0, 0.05) is 5.75 Å². The van der Waals surface area contributed by atoms with Crippen molar-refractivity contribution >= 4 is 40.9 Å². The molecule has 2 aromatic carbocycles. The fourth-order valence-corrected chi connectivity index (χ4v) is 3.85. The highest BCUT2D eigenvalue weighted by Crippen LogP contribution is 2.25. The largest absolute Gasteiger partial charge is 0.349 e. The van der Waals surface area contributed by atoms with Gasteiger partial charge in [0.15, 0.2) is 0 Å². The van der Waals surface area contributed by atoms with E-state index in [-0.39, 0.29) is 11.9 Å². The molecule has 25 heavy (non-hydrogen) atoms. The van der Waals surface area contributed by atoms with Gasteiger partial charge in [0.25, 0.3) is 0 Å². The van der Waals surface area contributed by atoms with Crippen LogP contribution in [0.1, 0.15) is 41.6 Å². The lowest BCUT2D eigenvalue weighted by Crippen LogP contribution is -2.30. The predicted molar refractivity (Wildman–Crippen MR) is 110 cm³/mol. The molecule has 1 amide bonds. The van der Waals surface area contributed by atoms with Crippen LogP contribution in [-0.2, 0) is 10.5 Å². The van der Waals surface area contributed by atoms with E-state index in [1.54, 1.807) is 17.8 Å². The number of thioether (sulfide) groups is 1. The van der Waals surface area contributed by atoms with Gasteiger partial charge in [-0.25, -0.2) is 0 Å². The first-order valence-corrected chi connectivity index (χ1v) is 10.2. The third-order valence-electron chi connectivity index (χ3n) is 4.03. The minimum absolute atomic E-state index is 0.0527. The summed E-state index contributed by atoms with van der Waals surface area (Å²) in [4.78, 5) is 12.3. The van der Waals surface area contributed by atoms with E-state index in [0.29, 0.717) is 15.8 Å². The van der Waals surface area contributed by atoms with E-state index in [2.05, 4.69) is 44.3 Å². The number of benzene rings is 2. The van der Waals surface area contributed by atoms with E-state index >= 15 is 0 Å². The van der Waals surface area contributed by atoms with Gasteiger partial charge in [-0.2, -0.15) is 0 Å². The molecule has 2 aromatic rings. The van der Waals surface area contributed by atoms with Crippen LogP contribution in [0.4, 0.5) is 0 Å². The number of hydrogen-bond donors (Lipinski definition) is 1. The summed E-state index contributed by atoms with van der Waals surface area (Å²) in [6, 6.07) is 12.0. The molecule has 0 aliphatic heterocycles. The molecule has 0 fully saturated rings. The first-order valence-electron chi connectivity index (χ1n) is 8.29. The highest BCUT2D eigenvalue weighted by atomic mass is 35.5. The molecule has 0 aliphatic carbocycles. The highest BCUT2D eigenvalue weighted by molar-refractivity contribution is 7.99. The van der Waals surface area contributed by atoms with Crippen LogP contribution in [0.2, 0.25) is 10.0 Å². The first-order chi connectivity index (χ1) is 11.9. The average molecular weight is 396 g/mol. The van der Waals surface area contributed by atoms with Crippen molar-refractivity contribution in [1.29, 1.82) is 0 Å². The van der Waals surface area contributed by atoms with E-state index < -0.39 is 0 Å². The number of hydrogen-bond acceptors (Lipinski definition) is 2. The SMILES string of the molecule is CCC(NC(=O)CSCc1ccc(Cl)c(Cl)c1)c1ccc(C)cc1C. The van der Waals surface area contributed by atoms with Crippen LogP contribution in [0.5, 0.6) is 0 Å². The molecule has 0 spiro atoms. The Morgan fingerprint density at radius 2 is 1.88 bits per heavy atom. The molecule has 0 saturated carbocycles. The quantitative estimate of drug-likeness (QED) is 0.612. The molecule has 5 heteroatoms. The first kappa shape index (κ1) is 20.2. The standard InChI is InChI=1S/C20H23Cl2NOS/c1-4-19(16-7-5-13(2)9-14(16)3)23-20(24)12-25-11-15-6-8-17(21)18(22)10-15/h5-10,19H,4,11-12H2,1-3H3,(H,23,24). The second-order valence-corrected chi connectivity index (χ2v) is 7.93. The molecule has 1 unspecified atom stereocenters. The van der Waals surface area contributed by atoms with Crippen LogP contribution in [0.15, 0.2) is 36.4 Å². The van der Waals surface area contributed by atoms with Gasteiger partial charge in [-0.15, -0.1) is 11.8 Å². The summed E-state index contributed by atoms with van der Waals surface area (Å²) in [6.07, 6.45) is 0.868. The van der Waals surface area contributed by atoms with Crippen molar-refractivity contribution in [2.75, 3.05) is 5.75 Å². The zero-order chi connectivity index (χ0) is 18.4. The number of aryl methyl sites for hydroxylation is 2. The van der Waals surface area contributed by atoms with E-state index in [1.165, 1.54) is 16.7 Å². The molecule has 1 N–H and O–H groups in total. The van der Waals surface area contributed by atoms with Crippen molar-refractivity contribution in [3.05, 3.63) is 68.7 Å². The third kappa shape index (κ3) is 5.95. The van der Waals surface area contributed by atoms with Crippen molar-refractivity contribution in [3.63, 3.8) is 0 Å². The molecule has 0 heterocycles. The van der Waals surface area contributed by atoms with Crippen molar-refractivity contribution in [1.82, 2.24) is 5.32 Å². The summed E-state index contributed by atoms with van der Waals surface area (Å²) in [5.74, 6) is 1.20. The minimum Gasteiger partial charge on any atom is -0.349 e. The van der Waals surface area contributed by atoms with Gasteiger partial charge >= 0.3 is 0 Å². The normalized spacial score (nSPS) is 12.0. The molecule has 134 valence electrons. The number of rotatable bonds is 7. The lowest BCUT2D eigenvalue weighted by molar-refractivity contribution is -0.119. The van der Waals surface area contributed by atoms with Crippen LogP contribution in [-0.4, -0.2) is 11.7 Å². The second-order valence-electron chi connectivity index (χ2n) is 6.13. The molecule has 0 saturated heterocycles. The minimum atomic E-state index is 0.0527. The summed E-state index contributed by atoms with van der Waals surface area (Å²) >= 11 is 13.5. The Morgan fingerprint density at radius 1 is 1.12 bits per heavy atom. The Hall–Kier alpha value is -1.16. The molecule has 1 atom stereocenters.